The van der Waals surface area contributed by atoms with Gasteiger partial charge in [0.05, 0.1) is 14.2 Å². The van der Waals surface area contributed by atoms with E-state index in [1.54, 1.807) is 6.08 Å². The topological polar surface area (TPSA) is 69.7 Å². The smallest absolute Gasteiger partial charge is 0.323 e. The summed E-state index contributed by atoms with van der Waals surface area (Å²) in [5, 5.41) is 1.93. The van der Waals surface area contributed by atoms with Gasteiger partial charge in [0.25, 0.3) is 0 Å². The van der Waals surface area contributed by atoms with Crippen molar-refractivity contribution in [2.45, 2.75) is 24.7 Å². The molecule has 0 amide bonds. The molecule has 116 valence electrons. The van der Waals surface area contributed by atoms with E-state index in [4.69, 9.17) is 9.47 Å². The number of rotatable bonds is 3. The van der Waals surface area contributed by atoms with Crippen molar-refractivity contribution >= 4 is 29.1 Å². The van der Waals surface area contributed by atoms with E-state index in [2.05, 4.69) is 0 Å². The van der Waals surface area contributed by atoms with Gasteiger partial charge in [0, 0.05) is 16.7 Å². The first kappa shape index (κ1) is 15.0. The van der Waals surface area contributed by atoms with Crippen molar-refractivity contribution in [2.75, 3.05) is 14.2 Å². The van der Waals surface area contributed by atoms with E-state index < -0.39 is 22.8 Å². The summed E-state index contributed by atoms with van der Waals surface area (Å²) in [5.74, 6) is -1.16. The molecule has 6 heteroatoms. The summed E-state index contributed by atoms with van der Waals surface area (Å²) >= 11 is 1.53. The lowest BCUT2D eigenvalue weighted by Gasteiger charge is -2.28. The number of hydrogen-bond donors (Lipinski definition) is 0. The van der Waals surface area contributed by atoms with Gasteiger partial charge in [-0.15, -0.1) is 11.3 Å². The molecule has 22 heavy (non-hydrogen) atoms. The van der Waals surface area contributed by atoms with Gasteiger partial charge in [0.1, 0.15) is 0 Å². The Labute approximate surface area is 131 Å². The van der Waals surface area contributed by atoms with Gasteiger partial charge in [-0.2, -0.15) is 0 Å². The molecule has 0 bridgehead atoms. The van der Waals surface area contributed by atoms with Crippen LogP contribution < -0.4 is 0 Å². The van der Waals surface area contributed by atoms with Crippen LogP contribution >= 0.6 is 11.3 Å². The van der Waals surface area contributed by atoms with E-state index in [0.29, 0.717) is 6.42 Å². The van der Waals surface area contributed by atoms with E-state index in [1.807, 2.05) is 17.5 Å². The Morgan fingerprint density at radius 2 is 1.86 bits per heavy atom. The monoisotopic (exact) mass is 320 g/mol. The molecule has 1 atom stereocenters. The van der Waals surface area contributed by atoms with Crippen LogP contribution in [0.15, 0.2) is 29.2 Å². The van der Waals surface area contributed by atoms with E-state index in [1.165, 1.54) is 25.6 Å². The molecule has 1 unspecified atom stereocenters. The Hall–Kier alpha value is -1.95. The van der Waals surface area contributed by atoms with Crippen molar-refractivity contribution in [3.8, 4) is 0 Å². The predicted octanol–water partition coefficient (Wildman–Crippen LogP) is 2.01. The highest BCUT2D eigenvalue weighted by Gasteiger charge is 2.63. The maximum absolute atomic E-state index is 12.3. The second kappa shape index (κ2) is 5.05. The van der Waals surface area contributed by atoms with Crippen LogP contribution in [0.5, 0.6) is 0 Å². The Morgan fingerprint density at radius 1 is 1.18 bits per heavy atom. The fourth-order valence-corrected chi connectivity index (χ4v) is 4.70. The first-order chi connectivity index (χ1) is 10.5. The molecule has 3 rings (SSSR count). The van der Waals surface area contributed by atoms with Crippen LogP contribution in [-0.2, 0) is 29.3 Å². The number of ketones is 1. The number of hydrogen-bond acceptors (Lipinski definition) is 6. The van der Waals surface area contributed by atoms with E-state index in [9.17, 15) is 14.4 Å². The molecule has 1 fully saturated rings. The minimum atomic E-state index is -1.36. The molecule has 0 saturated heterocycles. The molecule has 2 aliphatic carbocycles. The zero-order valence-electron chi connectivity index (χ0n) is 12.4. The Balaban J connectivity index is 2.13. The molecule has 2 aliphatic rings. The van der Waals surface area contributed by atoms with Gasteiger partial charge >= 0.3 is 11.9 Å². The number of thiophene rings is 1. The number of fused-ring (bicyclic) bond motifs is 1. The third-order valence-electron chi connectivity index (χ3n) is 4.67. The van der Waals surface area contributed by atoms with Crippen molar-refractivity contribution < 1.29 is 23.9 Å². The summed E-state index contributed by atoms with van der Waals surface area (Å²) in [6.45, 7) is 0. The van der Waals surface area contributed by atoms with Gasteiger partial charge in [-0.05, 0) is 30.4 Å². The lowest BCUT2D eigenvalue weighted by atomic mass is 9.76. The van der Waals surface area contributed by atoms with Crippen LogP contribution in [0.1, 0.15) is 24.1 Å². The van der Waals surface area contributed by atoms with Gasteiger partial charge in [-0.1, -0.05) is 11.6 Å². The zero-order valence-corrected chi connectivity index (χ0v) is 13.2. The fourth-order valence-electron chi connectivity index (χ4n) is 3.74. The predicted molar refractivity (Wildman–Crippen MR) is 79.4 cm³/mol. The lowest BCUT2D eigenvalue weighted by molar-refractivity contribution is -0.169. The molecule has 5 nitrogen and oxygen atoms in total. The van der Waals surface area contributed by atoms with Crippen LogP contribution in [0.2, 0.25) is 0 Å². The maximum atomic E-state index is 12.3. The maximum Gasteiger partial charge on any atom is 0.323 e. The Morgan fingerprint density at radius 3 is 2.41 bits per heavy atom. The normalized spacial score (nSPS) is 25.5. The van der Waals surface area contributed by atoms with Crippen molar-refractivity contribution in [3.05, 3.63) is 34.0 Å². The molecule has 1 heterocycles. The molecule has 1 aromatic heterocycles. The number of carbonyl (C=O) groups is 3. The summed E-state index contributed by atoms with van der Waals surface area (Å²) in [7, 11) is 2.52. The minimum absolute atomic E-state index is 0.0340. The quantitative estimate of drug-likeness (QED) is 0.629. The highest BCUT2D eigenvalue weighted by molar-refractivity contribution is 7.10. The van der Waals surface area contributed by atoms with E-state index in [-0.39, 0.29) is 18.6 Å². The molecule has 0 N–H and O–H groups in total. The Kier molecular flexibility index (Phi) is 3.44. The number of esters is 2. The number of methoxy groups -OCH3 is 2. The number of ether oxygens (including phenoxy) is 2. The van der Waals surface area contributed by atoms with Crippen LogP contribution in [-0.4, -0.2) is 31.9 Å². The molecule has 0 spiro atoms. The molecular weight excluding hydrogens is 304 g/mol. The summed E-state index contributed by atoms with van der Waals surface area (Å²) in [5.41, 5.74) is -1.11. The van der Waals surface area contributed by atoms with Crippen molar-refractivity contribution in [2.24, 2.45) is 5.41 Å². The first-order valence-corrected chi connectivity index (χ1v) is 7.81. The number of carbonyl (C=O) groups excluding carboxylic acids is 3. The Bertz CT molecular complexity index is 657. The molecule has 1 saturated carbocycles. The largest absolute Gasteiger partial charge is 0.468 e. The number of allylic oxidation sites excluding steroid dienone is 2. The van der Waals surface area contributed by atoms with Crippen molar-refractivity contribution in [3.63, 3.8) is 0 Å². The van der Waals surface area contributed by atoms with Crippen LogP contribution in [0.25, 0.3) is 0 Å². The first-order valence-electron chi connectivity index (χ1n) is 6.93. The van der Waals surface area contributed by atoms with Crippen LogP contribution in [0.3, 0.4) is 0 Å². The minimum Gasteiger partial charge on any atom is -0.468 e. The summed E-state index contributed by atoms with van der Waals surface area (Å²) in [4.78, 5) is 37.6. The molecule has 1 aromatic rings. The fraction of sp³-hybridized carbons (Fsp3) is 0.438. The van der Waals surface area contributed by atoms with Crippen molar-refractivity contribution in [1.29, 1.82) is 0 Å². The molecule has 0 aromatic carbocycles. The molecule has 0 radical (unpaired) electrons. The molecular formula is C16H16O5S. The van der Waals surface area contributed by atoms with Gasteiger partial charge in [-0.25, -0.2) is 0 Å². The van der Waals surface area contributed by atoms with Gasteiger partial charge in [-0.3, -0.25) is 14.4 Å². The highest BCUT2D eigenvalue weighted by Crippen LogP contribution is 2.60. The van der Waals surface area contributed by atoms with E-state index in [0.717, 1.165) is 10.5 Å². The highest BCUT2D eigenvalue weighted by atomic mass is 32.1. The van der Waals surface area contributed by atoms with Crippen LogP contribution in [0.4, 0.5) is 0 Å². The average Bonchev–Trinajstić information content (AvgIpc) is 3.18. The van der Waals surface area contributed by atoms with Gasteiger partial charge < -0.3 is 9.47 Å². The third-order valence-corrected chi connectivity index (χ3v) is 5.74. The van der Waals surface area contributed by atoms with Crippen LogP contribution in [0, 0.1) is 5.41 Å². The van der Waals surface area contributed by atoms with Gasteiger partial charge in [0.2, 0.25) is 0 Å². The van der Waals surface area contributed by atoms with Gasteiger partial charge in [0.15, 0.2) is 11.2 Å². The average molecular weight is 320 g/mol. The zero-order chi connectivity index (χ0) is 16.0. The summed E-state index contributed by atoms with van der Waals surface area (Å²) < 4.78 is 9.73. The van der Waals surface area contributed by atoms with E-state index >= 15 is 0 Å². The second-order valence-electron chi connectivity index (χ2n) is 5.79. The lowest BCUT2D eigenvalue weighted by Crippen LogP contribution is -2.41. The SMILES string of the molecule is COC(=O)C1(C(=O)OC)CC2=CC(=O)CC2(c2cccs2)C1. The summed E-state index contributed by atoms with van der Waals surface area (Å²) in [6, 6.07) is 3.85. The summed E-state index contributed by atoms with van der Waals surface area (Å²) in [6.07, 6.45) is 2.26. The standard InChI is InChI=1S/C16H16O5S/c1-20-13(18)16(14(19)21-2)7-10-6-11(17)8-15(10,9-16)12-4-3-5-22-12/h3-6H,7-9H2,1-2H3. The van der Waals surface area contributed by atoms with Crippen molar-refractivity contribution in [1.82, 2.24) is 0 Å². The third kappa shape index (κ3) is 1.86. The molecule has 0 aliphatic heterocycles. The second-order valence-corrected chi connectivity index (χ2v) is 6.74.